The summed E-state index contributed by atoms with van der Waals surface area (Å²) in [6.07, 6.45) is -2.07. The highest BCUT2D eigenvalue weighted by molar-refractivity contribution is 5.99. The van der Waals surface area contributed by atoms with E-state index in [1.165, 1.54) is 5.43 Å². The third kappa shape index (κ3) is 2.06. The lowest BCUT2D eigenvalue weighted by atomic mass is 10.3. The molecule has 0 aliphatic carbocycles. The number of carbonyl (C=O) groups excluding carboxylic acids is 1. The number of rotatable bonds is 2. The fourth-order valence-electron chi connectivity index (χ4n) is 0.191. The van der Waals surface area contributed by atoms with Crippen LogP contribution in [-0.4, -0.2) is 28.2 Å². The summed E-state index contributed by atoms with van der Waals surface area (Å²) in [7, 11) is 0. The minimum absolute atomic E-state index is 1.14. The number of aliphatic hydroxyl groups excluding tert-OH is 1. The lowest BCUT2D eigenvalue weighted by Crippen LogP contribution is -2.43. The van der Waals surface area contributed by atoms with E-state index in [2.05, 4.69) is 5.84 Å². The van der Waals surface area contributed by atoms with Crippen LogP contribution in [0, 0.1) is 0 Å². The minimum Gasteiger partial charge on any atom is -0.479 e. The number of carbonyl (C=O) groups is 2. The SMILES string of the molecule is NNC(=O)C(O)C(=O)O. The molecule has 0 spiro atoms. The molecule has 1 atom stereocenters. The molecule has 6 heteroatoms. The first-order valence-corrected chi connectivity index (χ1v) is 2.01. The molecule has 1 unspecified atom stereocenters. The van der Waals surface area contributed by atoms with Crippen LogP contribution in [0.15, 0.2) is 0 Å². The number of amides is 1. The van der Waals surface area contributed by atoms with Gasteiger partial charge in [0.1, 0.15) is 0 Å². The van der Waals surface area contributed by atoms with Crippen molar-refractivity contribution in [3.05, 3.63) is 0 Å². The quantitative estimate of drug-likeness (QED) is 0.143. The second kappa shape index (κ2) is 3.00. The molecule has 0 aliphatic heterocycles. The van der Waals surface area contributed by atoms with Crippen LogP contribution in [0.25, 0.3) is 0 Å². The van der Waals surface area contributed by atoms with E-state index >= 15 is 0 Å². The van der Waals surface area contributed by atoms with Crippen molar-refractivity contribution in [2.45, 2.75) is 6.10 Å². The summed E-state index contributed by atoms with van der Waals surface area (Å²) in [5.74, 6) is 1.72. The zero-order valence-electron chi connectivity index (χ0n) is 4.37. The predicted molar refractivity (Wildman–Crippen MR) is 26.0 cm³/mol. The molecule has 1 amide bonds. The van der Waals surface area contributed by atoms with Gasteiger partial charge in [-0.2, -0.15) is 0 Å². The molecule has 52 valence electrons. The Morgan fingerprint density at radius 3 is 2.11 bits per heavy atom. The van der Waals surface area contributed by atoms with Crippen molar-refractivity contribution in [2.75, 3.05) is 0 Å². The average molecular weight is 134 g/mol. The molecule has 6 nitrogen and oxygen atoms in total. The lowest BCUT2D eigenvalue weighted by molar-refractivity contribution is -0.152. The number of nitrogens with two attached hydrogens (primary N) is 1. The molecular weight excluding hydrogens is 128 g/mol. The van der Waals surface area contributed by atoms with E-state index in [0.717, 1.165) is 0 Å². The van der Waals surface area contributed by atoms with Crippen LogP contribution in [0.5, 0.6) is 0 Å². The maximum atomic E-state index is 10.1. The molecule has 0 saturated carbocycles. The van der Waals surface area contributed by atoms with Gasteiger partial charge in [-0.15, -0.1) is 0 Å². The molecule has 0 aromatic rings. The highest BCUT2D eigenvalue weighted by Gasteiger charge is 2.21. The third-order valence-corrected chi connectivity index (χ3v) is 0.625. The monoisotopic (exact) mass is 134 g/mol. The van der Waals surface area contributed by atoms with Crippen LogP contribution in [0.2, 0.25) is 0 Å². The predicted octanol–water partition coefficient (Wildman–Crippen LogP) is -2.58. The summed E-state index contributed by atoms with van der Waals surface area (Å²) in [5, 5.41) is 16.2. The Balaban J connectivity index is 3.88. The lowest BCUT2D eigenvalue weighted by Gasteiger charge is -2.00. The molecule has 0 rings (SSSR count). The molecule has 0 heterocycles. The summed E-state index contributed by atoms with van der Waals surface area (Å²) < 4.78 is 0. The second-order valence-electron chi connectivity index (χ2n) is 1.25. The smallest absolute Gasteiger partial charge is 0.342 e. The van der Waals surface area contributed by atoms with E-state index in [0.29, 0.717) is 0 Å². The van der Waals surface area contributed by atoms with Crippen molar-refractivity contribution < 1.29 is 19.8 Å². The molecule has 0 fully saturated rings. The van der Waals surface area contributed by atoms with Crippen molar-refractivity contribution in [2.24, 2.45) is 5.84 Å². The maximum absolute atomic E-state index is 10.1. The molecule has 0 radical (unpaired) electrons. The van der Waals surface area contributed by atoms with Crippen molar-refractivity contribution in [1.82, 2.24) is 5.43 Å². The standard InChI is InChI=1S/C3H6N2O4/c4-5-2(7)1(6)3(8)9/h1,6H,4H2,(H,5,7)(H,8,9). The Morgan fingerprint density at radius 1 is 1.56 bits per heavy atom. The summed E-state index contributed by atoms with van der Waals surface area (Å²) >= 11 is 0. The average Bonchev–Trinajstić information content (AvgIpc) is 1.84. The molecule has 0 saturated heterocycles. The van der Waals surface area contributed by atoms with Crippen molar-refractivity contribution >= 4 is 11.9 Å². The molecule has 5 N–H and O–H groups in total. The van der Waals surface area contributed by atoms with Gasteiger partial charge in [0.05, 0.1) is 0 Å². The first kappa shape index (κ1) is 7.86. The summed E-state index contributed by atoms with van der Waals surface area (Å²) in [6.45, 7) is 0. The fourth-order valence-corrected chi connectivity index (χ4v) is 0.191. The Bertz CT molecular complexity index is 134. The zero-order chi connectivity index (χ0) is 7.44. The van der Waals surface area contributed by atoms with Gasteiger partial charge in [0.2, 0.25) is 6.10 Å². The maximum Gasteiger partial charge on any atom is 0.342 e. The Morgan fingerprint density at radius 2 is 2.00 bits per heavy atom. The second-order valence-corrected chi connectivity index (χ2v) is 1.25. The highest BCUT2D eigenvalue weighted by Crippen LogP contribution is 1.79. The largest absolute Gasteiger partial charge is 0.479 e. The Hall–Kier alpha value is -1.14. The topological polar surface area (TPSA) is 113 Å². The number of hydrazine groups is 1. The fraction of sp³-hybridized carbons (Fsp3) is 0.333. The van der Waals surface area contributed by atoms with Crippen molar-refractivity contribution in [3.63, 3.8) is 0 Å². The van der Waals surface area contributed by atoms with Gasteiger partial charge < -0.3 is 10.2 Å². The van der Waals surface area contributed by atoms with Gasteiger partial charge >= 0.3 is 5.97 Å². The van der Waals surface area contributed by atoms with Crippen LogP contribution >= 0.6 is 0 Å². The number of aliphatic carboxylic acids is 1. The number of nitrogens with one attached hydrogen (secondary N) is 1. The third-order valence-electron chi connectivity index (χ3n) is 0.625. The van der Waals surface area contributed by atoms with E-state index in [9.17, 15) is 9.59 Å². The van der Waals surface area contributed by atoms with Crippen LogP contribution in [0.1, 0.15) is 0 Å². The normalized spacial score (nSPS) is 12.2. The molecule has 9 heavy (non-hydrogen) atoms. The van der Waals surface area contributed by atoms with Crippen molar-refractivity contribution in [3.8, 4) is 0 Å². The molecular formula is C3H6N2O4. The van der Waals surface area contributed by atoms with E-state index in [1.807, 2.05) is 0 Å². The number of carboxylic acids is 1. The van der Waals surface area contributed by atoms with E-state index in [1.54, 1.807) is 0 Å². The summed E-state index contributed by atoms with van der Waals surface area (Å²) in [4.78, 5) is 19.8. The first-order chi connectivity index (χ1) is 4.09. The molecule has 0 aromatic carbocycles. The van der Waals surface area contributed by atoms with Crippen LogP contribution in [-0.2, 0) is 9.59 Å². The molecule has 0 bridgehead atoms. The number of hydrogen-bond donors (Lipinski definition) is 4. The van der Waals surface area contributed by atoms with E-state index in [4.69, 9.17) is 10.2 Å². The number of aliphatic hydroxyl groups is 1. The minimum atomic E-state index is -2.07. The highest BCUT2D eigenvalue weighted by atomic mass is 16.4. The Kier molecular flexibility index (Phi) is 2.62. The summed E-state index contributed by atoms with van der Waals surface area (Å²) in [5.41, 5.74) is 1.48. The molecule has 0 aromatic heterocycles. The van der Waals surface area contributed by atoms with Gasteiger partial charge in [-0.25, -0.2) is 10.6 Å². The number of hydrogen-bond acceptors (Lipinski definition) is 4. The Labute approximate surface area is 50.2 Å². The van der Waals surface area contributed by atoms with E-state index < -0.39 is 18.0 Å². The number of carboxylic acid groups (broad SMARTS) is 1. The van der Waals surface area contributed by atoms with Crippen LogP contribution in [0.4, 0.5) is 0 Å². The van der Waals surface area contributed by atoms with Gasteiger partial charge in [-0.05, 0) is 0 Å². The van der Waals surface area contributed by atoms with Crippen molar-refractivity contribution in [1.29, 1.82) is 0 Å². The molecule has 0 aliphatic rings. The van der Waals surface area contributed by atoms with Gasteiger partial charge in [0.15, 0.2) is 0 Å². The van der Waals surface area contributed by atoms with E-state index in [-0.39, 0.29) is 0 Å². The van der Waals surface area contributed by atoms with Gasteiger partial charge in [-0.3, -0.25) is 10.2 Å². The first-order valence-electron chi connectivity index (χ1n) is 2.01. The van der Waals surface area contributed by atoms with Gasteiger partial charge in [0.25, 0.3) is 5.91 Å². The van der Waals surface area contributed by atoms with Crippen LogP contribution < -0.4 is 11.3 Å². The van der Waals surface area contributed by atoms with Gasteiger partial charge in [-0.1, -0.05) is 0 Å². The van der Waals surface area contributed by atoms with Crippen LogP contribution in [0.3, 0.4) is 0 Å². The summed E-state index contributed by atoms with van der Waals surface area (Å²) in [6, 6.07) is 0. The zero-order valence-corrected chi connectivity index (χ0v) is 4.37. The van der Waals surface area contributed by atoms with Gasteiger partial charge in [0, 0.05) is 0 Å².